The molecule has 0 aliphatic heterocycles. The van der Waals surface area contributed by atoms with E-state index in [9.17, 15) is 14.3 Å². The van der Waals surface area contributed by atoms with Crippen LogP contribution in [0.5, 0.6) is 0 Å². The molecule has 0 saturated heterocycles. The maximum Gasteiger partial charge on any atom is 0.307 e. The molecule has 27 heavy (non-hydrogen) atoms. The third kappa shape index (κ3) is 5.01. The highest BCUT2D eigenvalue weighted by Crippen LogP contribution is 2.37. The van der Waals surface area contributed by atoms with Crippen molar-refractivity contribution in [3.8, 4) is 0 Å². The standard InChI is InChI=1S/C19H17FN2O3.C2H6/c20-16-8-4-7-15(9-16)19(10-18(23)24,17-11-21-13-22-17)25-12-14-5-2-1-3-6-14;1-2/h1-9,11,13H,10,12H2,(H,21,22)(H,23,24);1-2H3. The summed E-state index contributed by atoms with van der Waals surface area (Å²) in [6.45, 7) is 4.17. The summed E-state index contributed by atoms with van der Waals surface area (Å²) in [5.41, 5.74) is 0.375. The number of aliphatic carboxylic acids is 1. The number of nitrogens with zero attached hydrogens (tertiary/aromatic N) is 1. The third-order valence-electron chi connectivity index (χ3n) is 3.95. The Balaban J connectivity index is 0.00000126. The lowest BCUT2D eigenvalue weighted by atomic mass is 9.87. The van der Waals surface area contributed by atoms with Gasteiger partial charge in [0.15, 0.2) is 0 Å². The van der Waals surface area contributed by atoms with Crippen molar-refractivity contribution in [3.05, 3.63) is 89.8 Å². The molecule has 0 amide bonds. The molecule has 0 bridgehead atoms. The molecule has 2 N–H and O–H groups in total. The lowest BCUT2D eigenvalue weighted by Crippen LogP contribution is -2.34. The van der Waals surface area contributed by atoms with E-state index in [0.29, 0.717) is 11.3 Å². The molecule has 0 fully saturated rings. The molecule has 0 spiro atoms. The normalized spacial score (nSPS) is 12.6. The number of carbonyl (C=O) groups is 1. The van der Waals surface area contributed by atoms with Crippen molar-refractivity contribution < 1.29 is 19.0 Å². The second-order valence-corrected chi connectivity index (χ2v) is 5.65. The Hall–Kier alpha value is -2.99. The van der Waals surface area contributed by atoms with Gasteiger partial charge in [-0.05, 0) is 23.3 Å². The molecule has 1 heterocycles. The van der Waals surface area contributed by atoms with Gasteiger partial charge in [0.25, 0.3) is 0 Å². The molecule has 1 unspecified atom stereocenters. The first kappa shape index (κ1) is 20.3. The number of ether oxygens (including phenoxy) is 1. The van der Waals surface area contributed by atoms with Crippen molar-refractivity contribution in [2.75, 3.05) is 0 Å². The summed E-state index contributed by atoms with van der Waals surface area (Å²) in [5, 5.41) is 9.47. The van der Waals surface area contributed by atoms with Gasteiger partial charge in [-0.25, -0.2) is 9.37 Å². The third-order valence-corrected chi connectivity index (χ3v) is 3.95. The van der Waals surface area contributed by atoms with E-state index in [1.807, 2.05) is 44.2 Å². The van der Waals surface area contributed by atoms with E-state index in [1.54, 1.807) is 6.07 Å². The van der Waals surface area contributed by atoms with Crippen LogP contribution in [0, 0.1) is 5.82 Å². The number of hydrogen-bond acceptors (Lipinski definition) is 3. The van der Waals surface area contributed by atoms with Gasteiger partial charge in [0.05, 0.1) is 31.2 Å². The zero-order valence-corrected chi connectivity index (χ0v) is 15.4. The molecular formula is C21H23FN2O3. The number of nitrogens with one attached hydrogen (secondary N) is 1. The fourth-order valence-corrected chi connectivity index (χ4v) is 2.78. The number of carboxylic acids is 1. The summed E-state index contributed by atoms with van der Waals surface area (Å²) in [4.78, 5) is 18.5. The summed E-state index contributed by atoms with van der Waals surface area (Å²) >= 11 is 0. The van der Waals surface area contributed by atoms with Crippen molar-refractivity contribution in [3.63, 3.8) is 0 Å². The van der Waals surface area contributed by atoms with Crippen LogP contribution in [0.2, 0.25) is 0 Å². The second kappa shape index (κ2) is 9.64. The Kier molecular flexibility index (Phi) is 7.25. The molecule has 0 radical (unpaired) electrons. The number of aromatic nitrogens is 2. The van der Waals surface area contributed by atoms with Crippen LogP contribution in [0.4, 0.5) is 4.39 Å². The Bertz CT molecular complexity index is 838. The molecule has 6 heteroatoms. The molecule has 0 saturated carbocycles. The molecule has 1 atom stereocenters. The monoisotopic (exact) mass is 370 g/mol. The number of halogens is 1. The van der Waals surface area contributed by atoms with Gasteiger partial charge >= 0.3 is 5.97 Å². The minimum Gasteiger partial charge on any atom is -0.481 e. The summed E-state index contributed by atoms with van der Waals surface area (Å²) in [6.07, 6.45) is 2.57. The number of hydrogen-bond donors (Lipinski definition) is 2. The van der Waals surface area contributed by atoms with E-state index in [4.69, 9.17) is 4.74 Å². The van der Waals surface area contributed by atoms with Gasteiger partial charge < -0.3 is 14.8 Å². The highest BCUT2D eigenvalue weighted by molar-refractivity contribution is 5.69. The molecule has 3 rings (SSSR count). The van der Waals surface area contributed by atoms with E-state index in [0.717, 1.165) is 5.56 Å². The minimum atomic E-state index is -1.37. The first-order chi connectivity index (χ1) is 13.1. The van der Waals surface area contributed by atoms with Crippen LogP contribution in [0.15, 0.2) is 67.1 Å². The van der Waals surface area contributed by atoms with Crippen LogP contribution in [0.3, 0.4) is 0 Å². The molecule has 5 nitrogen and oxygen atoms in total. The number of carboxylic acid groups (broad SMARTS) is 1. The fourth-order valence-electron chi connectivity index (χ4n) is 2.78. The van der Waals surface area contributed by atoms with Crippen LogP contribution in [0.1, 0.15) is 37.1 Å². The number of imidazole rings is 1. The summed E-state index contributed by atoms with van der Waals surface area (Å²) < 4.78 is 19.9. The SMILES string of the molecule is CC.O=C(O)CC(OCc1ccccc1)(c1cccc(F)c1)c1cnc[nH]1. The van der Waals surface area contributed by atoms with Crippen molar-refractivity contribution in [1.82, 2.24) is 9.97 Å². The van der Waals surface area contributed by atoms with Crippen molar-refractivity contribution in [2.45, 2.75) is 32.5 Å². The van der Waals surface area contributed by atoms with E-state index in [-0.39, 0.29) is 13.0 Å². The van der Waals surface area contributed by atoms with E-state index >= 15 is 0 Å². The maximum atomic E-state index is 13.8. The van der Waals surface area contributed by atoms with Gasteiger partial charge in [-0.15, -0.1) is 0 Å². The number of H-pyrrole nitrogens is 1. The highest BCUT2D eigenvalue weighted by Gasteiger charge is 2.40. The van der Waals surface area contributed by atoms with Gasteiger partial charge in [-0.3, -0.25) is 4.79 Å². The fraction of sp³-hybridized carbons (Fsp3) is 0.238. The van der Waals surface area contributed by atoms with Gasteiger partial charge in [0.2, 0.25) is 0 Å². The van der Waals surface area contributed by atoms with Crippen LogP contribution in [-0.4, -0.2) is 21.0 Å². The molecule has 142 valence electrons. The summed E-state index contributed by atoms with van der Waals surface area (Å²) in [7, 11) is 0. The second-order valence-electron chi connectivity index (χ2n) is 5.65. The zero-order chi connectivity index (χ0) is 19.7. The van der Waals surface area contributed by atoms with Crippen molar-refractivity contribution >= 4 is 5.97 Å². The van der Waals surface area contributed by atoms with E-state index in [2.05, 4.69) is 9.97 Å². The Labute approximate surface area is 157 Å². The van der Waals surface area contributed by atoms with Crippen molar-refractivity contribution in [2.24, 2.45) is 0 Å². The Morgan fingerprint density at radius 1 is 1.19 bits per heavy atom. The molecule has 1 aromatic heterocycles. The smallest absolute Gasteiger partial charge is 0.307 e. The number of rotatable bonds is 7. The molecule has 3 aromatic rings. The van der Waals surface area contributed by atoms with Crippen LogP contribution in [-0.2, 0) is 21.7 Å². The predicted molar refractivity (Wildman–Crippen MR) is 101 cm³/mol. The predicted octanol–water partition coefficient (Wildman–Crippen LogP) is 4.51. The molecule has 0 aliphatic carbocycles. The molecule has 0 aliphatic rings. The van der Waals surface area contributed by atoms with Crippen LogP contribution < -0.4 is 0 Å². The summed E-state index contributed by atoms with van der Waals surface area (Å²) in [6, 6.07) is 15.2. The average Bonchev–Trinajstić information content (AvgIpc) is 3.22. The number of benzene rings is 2. The first-order valence-corrected chi connectivity index (χ1v) is 8.75. The van der Waals surface area contributed by atoms with Gasteiger partial charge in [0.1, 0.15) is 11.4 Å². The Morgan fingerprint density at radius 2 is 1.93 bits per heavy atom. The number of aromatic amines is 1. The molecular weight excluding hydrogens is 347 g/mol. The lowest BCUT2D eigenvalue weighted by molar-refractivity contribution is -0.145. The van der Waals surface area contributed by atoms with E-state index in [1.165, 1.54) is 30.7 Å². The highest BCUT2D eigenvalue weighted by atomic mass is 19.1. The quantitative estimate of drug-likeness (QED) is 0.642. The largest absolute Gasteiger partial charge is 0.481 e. The van der Waals surface area contributed by atoms with Crippen molar-refractivity contribution in [1.29, 1.82) is 0 Å². The topological polar surface area (TPSA) is 75.2 Å². The Morgan fingerprint density at radius 3 is 2.52 bits per heavy atom. The van der Waals surface area contributed by atoms with Crippen LogP contribution in [0.25, 0.3) is 0 Å². The van der Waals surface area contributed by atoms with Gasteiger partial charge in [0, 0.05) is 0 Å². The molecule has 2 aromatic carbocycles. The van der Waals surface area contributed by atoms with Gasteiger partial charge in [-0.2, -0.15) is 0 Å². The zero-order valence-electron chi connectivity index (χ0n) is 15.4. The van der Waals surface area contributed by atoms with Crippen LogP contribution >= 0.6 is 0 Å². The minimum absolute atomic E-state index is 0.170. The lowest BCUT2D eigenvalue weighted by Gasteiger charge is -2.32. The summed E-state index contributed by atoms with van der Waals surface area (Å²) in [5.74, 6) is -1.53. The van der Waals surface area contributed by atoms with E-state index < -0.39 is 17.4 Å². The maximum absolute atomic E-state index is 13.8. The average molecular weight is 370 g/mol. The first-order valence-electron chi connectivity index (χ1n) is 8.75. The van der Waals surface area contributed by atoms with Gasteiger partial charge in [-0.1, -0.05) is 56.3 Å².